The van der Waals surface area contributed by atoms with Crippen molar-refractivity contribution in [2.24, 2.45) is 5.92 Å². The molecule has 0 radical (unpaired) electrons. The zero-order valence-corrected chi connectivity index (χ0v) is 21.4. The lowest BCUT2D eigenvalue weighted by atomic mass is 10.1. The summed E-state index contributed by atoms with van der Waals surface area (Å²) in [6.07, 6.45) is 6.50. The Labute approximate surface area is 217 Å². The van der Waals surface area contributed by atoms with Crippen molar-refractivity contribution in [3.05, 3.63) is 78.2 Å². The molecule has 1 atom stereocenters. The number of nitrogens with zero attached hydrogens (tertiary/aromatic N) is 3. The Morgan fingerprint density at radius 3 is 2.78 bits per heavy atom. The molecule has 0 amide bonds. The molecule has 190 valence electrons. The number of benzene rings is 1. The van der Waals surface area contributed by atoms with Gasteiger partial charge < -0.3 is 19.5 Å². The van der Waals surface area contributed by atoms with E-state index in [1.54, 1.807) is 29.7 Å². The number of aromatic nitrogens is 2. The molecule has 1 N–H and O–H groups in total. The van der Waals surface area contributed by atoms with Crippen LogP contribution in [0.3, 0.4) is 0 Å². The third kappa shape index (κ3) is 7.99. The highest BCUT2D eigenvalue weighted by molar-refractivity contribution is 7.10. The molecule has 0 aliphatic carbocycles. The van der Waals surface area contributed by atoms with Gasteiger partial charge in [0.15, 0.2) is 0 Å². The van der Waals surface area contributed by atoms with Gasteiger partial charge in [-0.1, -0.05) is 12.2 Å². The summed E-state index contributed by atoms with van der Waals surface area (Å²) in [5, 5.41) is 5.37. The SMILES string of the molecule is C=CCOCc1cc(-c2ccnc(Nc3ccc(OCCN4CCC(COCC=C)C4)cc3)n2)cs1. The van der Waals surface area contributed by atoms with Gasteiger partial charge in [0.25, 0.3) is 0 Å². The van der Waals surface area contributed by atoms with E-state index >= 15 is 0 Å². The molecule has 1 aliphatic heterocycles. The summed E-state index contributed by atoms with van der Waals surface area (Å²) in [7, 11) is 0. The van der Waals surface area contributed by atoms with Crippen molar-refractivity contribution < 1.29 is 14.2 Å². The van der Waals surface area contributed by atoms with E-state index in [0.29, 0.717) is 38.3 Å². The highest BCUT2D eigenvalue weighted by Crippen LogP contribution is 2.26. The van der Waals surface area contributed by atoms with E-state index in [2.05, 4.69) is 44.8 Å². The zero-order chi connectivity index (χ0) is 25.0. The maximum Gasteiger partial charge on any atom is 0.227 e. The number of hydrogen-bond acceptors (Lipinski definition) is 8. The molecule has 1 saturated heterocycles. The Balaban J connectivity index is 1.22. The average Bonchev–Trinajstić information content (AvgIpc) is 3.56. The van der Waals surface area contributed by atoms with Gasteiger partial charge in [0.1, 0.15) is 12.4 Å². The number of ether oxygens (including phenoxy) is 3. The largest absolute Gasteiger partial charge is 0.492 e. The Morgan fingerprint density at radius 1 is 1.11 bits per heavy atom. The maximum absolute atomic E-state index is 5.96. The smallest absolute Gasteiger partial charge is 0.227 e. The summed E-state index contributed by atoms with van der Waals surface area (Å²) in [6.45, 7) is 13.7. The third-order valence-electron chi connectivity index (χ3n) is 5.83. The lowest BCUT2D eigenvalue weighted by Gasteiger charge is -2.16. The van der Waals surface area contributed by atoms with E-state index in [0.717, 1.165) is 53.8 Å². The summed E-state index contributed by atoms with van der Waals surface area (Å²) in [4.78, 5) is 12.6. The van der Waals surface area contributed by atoms with Crippen LogP contribution in [0.2, 0.25) is 0 Å². The molecule has 0 saturated carbocycles. The molecule has 4 rings (SSSR count). The minimum absolute atomic E-state index is 0.546. The monoisotopic (exact) mass is 506 g/mol. The van der Waals surface area contributed by atoms with Crippen LogP contribution in [0.5, 0.6) is 5.75 Å². The quantitative estimate of drug-likeness (QED) is 0.214. The molecule has 3 heterocycles. The lowest BCUT2D eigenvalue weighted by Crippen LogP contribution is -2.27. The normalized spacial score (nSPS) is 15.6. The molecule has 1 aromatic carbocycles. The van der Waals surface area contributed by atoms with Crippen LogP contribution in [-0.2, 0) is 16.1 Å². The highest BCUT2D eigenvalue weighted by Gasteiger charge is 2.22. The third-order valence-corrected chi connectivity index (χ3v) is 6.74. The Hall–Kier alpha value is -3.04. The van der Waals surface area contributed by atoms with Gasteiger partial charge in [0.05, 0.1) is 32.1 Å². The summed E-state index contributed by atoms with van der Waals surface area (Å²) in [5.74, 6) is 2.01. The van der Waals surface area contributed by atoms with Gasteiger partial charge in [-0.2, -0.15) is 0 Å². The standard InChI is InChI=1S/C28H34N4O3S/c1-3-14-33-19-22-10-12-32(18-22)13-16-35-25-7-5-24(6-8-25)30-28-29-11-9-27(31-28)23-17-26(36-21-23)20-34-15-4-2/h3-9,11,17,21-22H,1-2,10,12-16,18-20H2,(H,29,30,31). The van der Waals surface area contributed by atoms with Crippen LogP contribution in [0.25, 0.3) is 11.3 Å². The predicted molar refractivity (Wildman–Crippen MR) is 146 cm³/mol. The van der Waals surface area contributed by atoms with Gasteiger partial charge in [-0.25, -0.2) is 9.97 Å². The summed E-state index contributed by atoms with van der Waals surface area (Å²) in [5.41, 5.74) is 2.83. The molecule has 3 aromatic rings. The van der Waals surface area contributed by atoms with Gasteiger partial charge in [-0.05, 0) is 55.3 Å². The number of rotatable bonds is 15. The van der Waals surface area contributed by atoms with Gasteiger partial charge in [-0.3, -0.25) is 4.90 Å². The molecule has 0 spiro atoms. The maximum atomic E-state index is 5.96. The number of likely N-dealkylation sites (tertiary alicyclic amines) is 1. The number of anilines is 2. The minimum Gasteiger partial charge on any atom is -0.492 e. The van der Waals surface area contributed by atoms with Gasteiger partial charge in [-0.15, -0.1) is 24.5 Å². The molecule has 0 bridgehead atoms. The molecule has 36 heavy (non-hydrogen) atoms. The molecule has 1 unspecified atom stereocenters. The van der Waals surface area contributed by atoms with Crippen LogP contribution in [0.1, 0.15) is 11.3 Å². The van der Waals surface area contributed by atoms with Gasteiger partial charge >= 0.3 is 0 Å². The number of thiophene rings is 1. The Bertz CT molecular complexity index is 1100. The Morgan fingerprint density at radius 2 is 1.94 bits per heavy atom. The van der Waals surface area contributed by atoms with Gasteiger partial charge in [0, 0.05) is 40.8 Å². The number of hydrogen-bond donors (Lipinski definition) is 1. The van der Waals surface area contributed by atoms with Crippen molar-refractivity contribution >= 4 is 23.0 Å². The van der Waals surface area contributed by atoms with Crippen molar-refractivity contribution in [3.63, 3.8) is 0 Å². The minimum atomic E-state index is 0.546. The van der Waals surface area contributed by atoms with Crippen LogP contribution in [0.4, 0.5) is 11.6 Å². The first kappa shape index (κ1) is 26.0. The number of nitrogens with one attached hydrogen (secondary N) is 1. The lowest BCUT2D eigenvalue weighted by molar-refractivity contribution is 0.123. The summed E-state index contributed by atoms with van der Waals surface area (Å²) >= 11 is 1.66. The fourth-order valence-electron chi connectivity index (χ4n) is 4.04. The Kier molecular flexibility index (Phi) is 10.0. The molecule has 1 aliphatic rings. The predicted octanol–water partition coefficient (Wildman–Crippen LogP) is 5.55. The van der Waals surface area contributed by atoms with E-state index in [1.165, 1.54) is 6.42 Å². The van der Waals surface area contributed by atoms with Crippen LogP contribution in [0.15, 0.2) is 73.3 Å². The van der Waals surface area contributed by atoms with Crippen molar-refractivity contribution in [1.82, 2.24) is 14.9 Å². The second kappa shape index (κ2) is 13.9. The van der Waals surface area contributed by atoms with Gasteiger partial charge in [0.2, 0.25) is 5.95 Å². The zero-order valence-electron chi connectivity index (χ0n) is 20.6. The topological polar surface area (TPSA) is 68.7 Å². The molecular weight excluding hydrogens is 472 g/mol. The molecule has 1 fully saturated rings. The van der Waals surface area contributed by atoms with Crippen molar-refractivity contribution in [2.45, 2.75) is 13.0 Å². The first-order valence-corrected chi connectivity index (χ1v) is 13.1. The molecule has 8 heteroatoms. The van der Waals surface area contributed by atoms with Crippen molar-refractivity contribution in [1.29, 1.82) is 0 Å². The second-order valence-corrected chi connectivity index (χ2v) is 9.65. The van der Waals surface area contributed by atoms with Crippen LogP contribution in [-0.4, -0.2) is 60.9 Å². The van der Waals surface area contributed by atoms with Crippen LogP contribution >= 0.6 is 11.3 Å². The fraction of sp³-hybridized carbons (Fsp3) is 0.357. The van der Waals surface area contributed by atoms with E-state index in [-0.39, 0.29) is 0 Å². The van der Waals surface area contributed by atoms with Crippen molar-refractivity contribution in [2.75, 3.05) is 51.4 Å². The average molecular weight is 507 g/mol. The molecule has 7 nitrogen and oxygen atoms in total. The van der Waals surface area contributed by atoms with E-state index < -0.39 is 0 Å². The van der Waals surface area contributed by atoms with E-state index in [9.17, 15) is 0 Å². The fourth-order valence-corrected chi connectivity index (χ4v) is 4.85. The second-order valence-electron chi connectivity index (χ2n) is 8.65. The first-order valence-electron chi connectivity index (χ1n) is 12.2. The summed E-state index contributed by atoms with van der Waals surface area (Å²) < 4.78 is 17.1. The molecular formula is C28H34N4O3S. The first-order chi connectivity index (χ1) is 17.7. The van der Waals surface area contributed by atoms with Crippen LogP contribution < -0.4 is 10.1 Å². The summed E-state index contributed by atoms with van der Waals surface area (Å²) in [6, 6.07) is 11.9. The van der Waals surface area contributed by atoms with E-state index in [4.69, 9.17) is 14.2 Å². The van der Waals surface area contributed by atoms with Crippen LogP contribution in [0, 0.1) is 5.92 Å². The highest BCUT2D eigenvalue weighted by atomic mass is 32.1. The van der Waals surface area contributed by atoms with E-state index in [1.807, 2.05) is 30.3 Å². The van der Waals surface area contributed by atoms with Crippen molar-refractivity contribution in [3.8, 4) is 17.0 Å². The molecule has 2 aromatic heterocycles.